The van der Waals surface area contributed by atoms with Gasteiger partial charge in [0.25, 0.3) is 0 Å². The van der Waals surface area contributed by atoms with E-state index in [4.69, 9.17) is 17.3 Å². The smallest absolute Gasteiger partial charge is 0.243 e. The van der Waals surface area contributed by atoms with Crippen molar-refractivity contribution < 1.29 is 9.59 Å². The molecule has 9 heteroatoms. The Balaban J connectivity index is 2.08. The number of rotatable bonds is 8. The number of nitrogens with two attached hydrogens (primary N) is 1. The summed E-state index contributed by atoms with van der Waals surface area (Å²) in [5, 5.41) is 10.4. The molecule has 164 valence electrons. The lowest BCUT2D eigenvalue weighted by Gasteiger charge is -2.26. The van der Waals surface area contributed by atoms with E-state index < -0.39 is 12.1 Å². The van der Waals surface area contributed by atoms with E-state index in [-0.39, 0.29) is 29.7 Å². The van der Waals surface area contributed by atoms with E-state index in [2.05, 4.69) is 20.7 Å². The molecule has 2 rings (SSSR count). The third kappa shape index (κ3) is 6.81. The van der Waals surface area contributed by atoms with Crippen LogP contribution < -0.4 is 16.4 Å². The zero-order valence-electron chi connectivity index (χ0n) is 18.1. The molecular formula is C21H31ClN6O2. The summed E-state index contributed by atoms with van der Waals surface area (Å²) in [6.45, 7) is 10.0. The lowest BCUT2D eigenvalue weighted by Crippen LogP contribution is -2.54. The van der Waals surface area contributed by atoms with Crippen LogP contribution in [-0.4, -0.2) is 38.7 Å². The van der Waals surface area contributed by atoms with Crippen LogP contribution in [0.25, 0.3) is 5.69 Å². The van der Waals surface area contributed by atoms with Crippen molar-refractivity contribution in [3.05, 3.63) is 41.4 Å². The molecule has 2 amide bonds. The summed E-state index contributed by atoms with van der Waals surface area (Å²) in [5.74, 6) is -0.722. The quantitative estimate of drug-likeness (QED) is 0.590. The van der Waals surface area contributed by atoms with Crippen molar-refractivity contribution in [2.45, 2.75) is 59.7 Å². The van der Waals surface area contributed by atoms with Gasteiger partial charge in [0, 0.05) is 11.6 Å². The van der Waals surface area contributed by atoms with Gasteiger partial charge in [-0.3, -0.25) is 9.59 Å². The number of amides is 2. The average molecular weight is 435 g/mol. The standard InChI is InChI=1S/C21H31ClN6O2/c1-13(2)18(27-19(29)16(23)9-21(3,4)5)20(30)25-10-14-8-15(22)6-7-17(14)28-12-24-11-26-28/h6-8,11-13,16,18H,9-10,23H2,1-5H3,(H,25,30)(H,27,29)/t16-,18+/m1/s1. The number of benzene rings is 1. The summed E-state index contributed by atoms with van der Waals surface area (Å²) in [6, 6.07) is 3.95. The summed E-state index contributed by atoms with van der Waals surface area (Å²) in [5.41, 5.74) is 7.48. The molecule has 0 radical (unpaired) electrons. The number of carbonyl (C=O) groups is 2. The molecule has 4 N–H and O–H groups in total. The molecule has 8 nitrogen and oxygen atoms in total. The van der Waals surface area contributed by atoms with E-state index in [9.17, 15) is 9.59 Å². The Bertz CT molecular complexity index is 861. The first-order chi connectivity index (χ1) is 14.0. The highest BCUT2D eigenvalue weighted by Crippen LogP contribution is 2.21. The largest absolute Gasteiger partial charge is 0.350 e. The predicted molar refractivity (Wildman–Crippen MR) is 117 cm³/mol. The highest BCUT2D eigenvalue weighted by Gasteiger charge is 2.28. The fraction of sp³-hybridized carbons (Fsp3) is 0.524. The third-order valence-electron chi connectivity index (χ3n) is 4.58. The first-order valence-electron chi connectivity index (χ1n) is 9.95. The third-order valence-corrected chi connectivity index (χ3v) is 4.81. The van der Waals surface area contributed by atoms with E-state index in [1.54, 1.807) is 23.1 Å². The molecule has 0 spiro atoms. The first kappa shape index (κ1) is 23.8. The summed E-state index contributed by atoms with van der Waals surface area (Å²) < 4.78 is 1.60. The van der Waals surface area contributed by atoms with Crippen LogP contribution in [0.15, 0.2) is 30.9 Å². The monoisotopic (exact) mass is 434 g/mol. The summed E-state index contributed by atoms with van der Waals surface area (Å²) >= 11 is 6.13. The van der Waals surface area contributed by atoms with Crippen LogP contribution in [0.3, 0.4) is 0 Å². The van der Waals surface area contributed by atoms with E-state index in [1.165, 1.54) is 6.33 Å². The molecule has 1 aromatic carbocycles. The van der Waals surface area contributed by atoms with Gasteiger partial charge in [-0.1, -0.05) is 46.2 Å². The van der Waals surface area contributed by atoms with Gasteiger partial charge in [-0.05, 0) is 41.5 Å². The van der Waals surface area contributed by atoms with E-state index in [0.717, 1.165) is 11.3 Å². The van der Waals surface area contributed by atoms with E-state index >= 15 is 0 Å². The molecule has 30 heavy (non-hydrogen) atoms. The van der Waals surface area contributed by atoms with Gasteiger partial charge in [0.05, 0.1) is 11.7 Å². The maximum Gasteiger partial charge on any atom is 0.243 e. The molecule has 0 fully saturated rings. The fourth-order valence-corrected chi connectivity index (χ4v) is 3.29. The second-order valence-electron chi connectivity index (χ2n) is 8.93. The van der Waals surface area contributed by atoms with Crippen LogP contribution in [0.1, 0.15) is 46.6 Å². The number of hydrogen-bond donors (Lipinski definition) is 3. The number of nitrogens with zero attached hydrogens (tertiary/aromatic N) is 3. The molecule has 1 heterocycles. The Kier molecular flexibility index (Phi) is 7.97. The predicted octanol–water partition coefficient (Wildman–Crippen LogP) is 2.44. The molecule has 0 unspecified atom stereocenters. The molecule has 2 atom stereocenters. The Morgan fingerprint density at radius 1 is 1.23 bits per heavy atom. The van der Waals surface area contributed by atoms with Gasteiger partial charge >= 0.3 is 0 Å². The number of nitrogens with one attached hydrogen (secondary N) is 2. The molecule has 1 aromatic heterocycles. The topological polar surface area (TPSA) is 115 Å². The van der Waals surface area contributed by atoms with Crippen LogP contribution in [0, 0.1) is 11.3 Å². The second-order valence-corrected chi connectivity index (χ2v) is 9.37. The van der Waals surface area contributed by atoms with E-state index in [0.29, 0.717) is 11.4 Å². The SMILES string of the molecule is CC(C)[C@H](NC(=O)[C@H](N)CC(C)(C)C)C(=O)NCc1cc(Cl)ccc1-n1cncn1. The van der Waals surface area contributed by atoms with Crippen LogP contribution in [0.5, 0.6) is 0 Å². The van der Waals surface area contributed by atoms with Crippen molar-refractivity contribution in [1.29, 1.82) is 0 Å². The van der Waals surface area contributed by atoms with Gasteiger partial charge in [-0.25, -0.2) is 9.67 Å². The molecule has 0 saturated heterocycles. The van der Waals surface area contributed by atoms with Crippen LogP contribution >= 0.6 is 11.6 Å². The minimum atomic E-state index is -0.697. The molecule has 0 aliphatic carbocycles. The summed E-state index contributed by atoms with van der Waals surface area (Å²) in [7, 11) is 0. The summed E-state index contributed by atoms with van der Waals surface area (Å²) in [6.07, 6.45) is 3.53. The number of halogens is 1. The second kappa shape index (κ2) is 10.0. The van der Waals surface area contributed by atoms with Gasteiger partial charge in [-0.2, -0.15) is 5.10 Å². The van der Waals surface area contributed by atoms with Crippen LogP contribution in [0.2, 0.25) is 5.02 Å². The van der Waals surface area contributed by atoms with Crippen molar-refractivity contribution in [3.8, 4) is 5.69 Å². The maximum atomic E-state index is 12.8. The van der Waals surface area contributed by atoms with Gasteiger partial charge in [0.15, 0.2) is 0 Å². The van der Waals surface area contributed by atoms with Gasteiger partial charge < -0.3 is 16.4 Å². The summed E-state index contributed by atoms with van der Waals surface area (Å²) in [4.78, 5) is 29.3. The molecule has 2 aromatic rings. The Hall–Kier alpha value is -2.45. The highest BCUT2D eigenvalue weighted by molar-refractivity contribution is 6.30. The minimum absolute atomic E-state index is 0.0866. The Morgan fingerprint density at radius 3 is 2.50 bits per heavy atom. The number of hydrogen-bond acceptors (Lipinski definition) is 5. The highest BCUT2D eigenvalue weighted by atomic mass is 35.5. The van der Waals surface area contributed by atoms with E-state index in [1.807, 2.05) is 40.7 Å². The molecular weight excluding hydrogens is 404 g/mol. The van der Waals surface area contributed by atoms with Gasteiger partial charge in [-0.15, -0.1) is 0 Å². The zero-order chi connectivity index (χ0) is 22.5. The van der Waals surface area contributed by atoms with Crippen molar-refractivity contribution in [2.75, 3.05) is 0 Å². The molecule has 0 aliphatic rings. The lowest BCUT2D eigenvalue weighted by molar-refractivity contribution is -0.131. The molecule has 0 saturated carbocycles. The fourth-order valence-electron chi connectivity index (χ4n) is 3.09. The zero-order valence-corrected chi connectivity index (χ0v) is 18.9. The van der Waals surface area contributed by atoms with Crippen LogP contribution in [-0.2, 0) is 16.1 Å². The van der Waals surface area contributed by atoms with Gasteiger partial charge in [0.2, 0.25) is 11.8 Å². The average Bonchev–Trinajstić information content (AvgIpc) is 3.16. The van der Waals surface area contributed by atoms with Crippen LogP contribution in [0.4, 0.5) is 0 Å². The molecule has 0 bridgehead atoms. The normalized spacial score (nSPS) is 13.7. The Morgan fingerprint density at radius 2 is 1.93 bits per heavy atom. The first-order valence-corrected chi connectivity index (χ1v) is 10.3. The van der Waals surface area contributed by atoms with Crippen molar-refractivity contribution in [1.82, 2.24) is 25.4 Å². The molecule has 0 aliphatic heterocycles. The minimum Gasteiger partial charge on any atom is -0.350 e. The number of carbonyl (C=O) groups excluding carboxylic acids is 2. The van der Waals surface area contributed by atoms with Gasteiger partial charge in [0.1, 0.15) is 18.7 Å². The Labute approximate surface area is 182 Å². The van der Waals surface area contributed by atoms with Crippen molar-refractivity contribution >= 4 is 23.4 Å². The lowest BCUT2D eigenvalue weighted by atomic mass is 9.88. The van der Waals surface area contributed by atoms with Crippen molar-refractivity contribution in [2.24, 2.45) is 17.1 Å². The maximum absolute atomic E-state index is 12.8. The number of aromatic nitrogens is 3. The van der Waals surface area contributed by atoms with Crippen molar-refractivity contribution in [3.63, 3.8) is 0 Å².